The lowest BCUT2D eigenvalue weighted by molar-refractivity contribution is -0.150. The van der Waals surface area contributed by atoms with Crippen LogP contribution in [0.1, 0.15) is 11.6 Å². The normalized spacial score (nSPS) is 20.1. The standard InChI is InChI=1S/C20H22N8O5S2/c1-27(20(22)33)11-4-2-9(3-5-11)13(21)16(29)24-14-17(30)28-15(19(31)32)10(8-35-18(14)28)7-34-12-6-23-26-25-12/h2-6,13-14,18H,7-8,21H2,1H3,(H2,22,33)(H,24,29)(H,31,32)(H,23,25,26)/t13?,14?,18-/m1/s1. The molecule has 4 amide bonds. The highest BCUT2D eigenvalue weighted by molar-refractivity contribution is 8.01. The Morgan fingerprint density at radius 1 is 1.37 bits per heavy atom. The van der Waals surface area contributed by atoms with Crippen molar-refractivity contribution < 1.29 is 24.3 Å². The lowest BCUT2D eigenvalue weighted by Crippen LogP contribution is -2.71. The summed E-state index contributed by atoms with van der Waals surface area (Å²) in [5, 5.41) is 22.5. The predicted molar refractivity (Wildman–Crippen MR) is 128 cm³/mol. The van der Waals surface area contributed by atoms with Gasteiger partial charge in [0.15, 0.2) is 0 Å². The van der Waals surface area contributed by atoms with Gasteiger partial charge in [0.25, 0.3) is 5.91 Å². The molecule has 1 aromatic heterocycles. The SMILES string of the molecule is CN(C(N)=O)c1ccc(C(N)C(=O)NC2C(=O)N3C(C(=O)O)=C(CSc4c[nH]nn4)CS[C@H]23)cc1. The molecule has 0 radical (unpaired) electrons. The molecule has 2 aliphatic heterocycles. The van der Waals surface area contributed by atoms with Gasteiger partial charge in [0.1, 0.15) is 28.2 Å². The molecule has 0 spiro atoms. The first kappa shape index (κ1) is 24.6. The molecule has 1 aromatic carbocycles. The van der Waals surface area contributed by atoms with Crippen LogP contribution in [0.2, 0.25) is 0 Å². The number of rotatable bonds is 8. The van der Waals surface area contributed by atoms with Crippen LogP contribution in [0.25, 0.3) is 0 Å². The minimum atomic E-state index is -1.21. The Morgan fingerprint density at radius 3 is 2.69 bits per heavy atom. The average Bonchev–Trinajstić information content (AvgIpc) is 3.37. The van der Waals surface area contributed by atoms with Gasteiger partial charge in [0.05, 0.1) is 6.20 Å². The number of nitrogens with two attached hydrogens (primary N) is 2. The summed E-state index contributed by atoms with van der Waals surface area (Å²) in [6.45, 7) is 0. The number of fused-ring (bicyclic) bond motifs is 1. The van der Waals surface area contributed by atoms with E-state index in [1.165, 1.54) is 40.4 Å². The monoisotopic (exact) mass is 518 g/mol. The fraction of sp³-hybridized carbons (Fsp3) is 0.300. The van der Waals surface area contributed by atoms with Crippen LogP contribution in [0.4, 0.5) is 10.5 Å². The van der Waals surface area contributed by atoms with Crippen LogP contribution < -0.4 is 21.7 Å². The number of hydrogen-bond acceptors (Lipinski definition) is 9. The van der Waals surface area contributed by atoms with E-state index in [0.29, 0.717) is 33.4 Å². The van der Waals surface area contributed by atoms with Gasteiger partial charge < -0.3 is 21.9 Å². The van der Waals surface area contributed by atoms with E-state index in [1.807, 2.05) is 0 Å². The van der Waals surface area contributed by atoms with Gasteiger partial charge in [-0.1, -0.05) is 29.1 Å². The Labute approximate surface area is 207 Å². The summed E-state index contributed by atoms with van der Waals surface area (Å²) in [6.07, 6.45) is 1.59. The van der Waals surface area contributed by atoms with Crippen molar-refractivity contribution in [1.82, 2.24) is 25.6 Å². The van der Waals surface area contributed by atoms with E-state index in [4.69, 9.17) is 11.5 Å². The number of urea groups is 1. The van der Waals surface area contributed by atoms with Crippen molar-refractivity contribution in [2.45, 2.75) is 22.5 Å². The van der Waals surface area contributed by atoms with E-state index in [9.17, 15) is 24.3 Å². The van der Waals surface area contributed by atoms with E-state index in [1.54, 1.807) is 30.5 Å². The molecule has 4 rings (SSSR count). The Hall–Kier alpha value is -3.56. The Balaban J connectivity index is 1.42. The fourth-order valence-electron chi connectivity index (χ4n) is 3.64. The maximum Gasteiger partial charge on any atom is 0.352 e. The Kier molecular flexibility index (Phi) is 7.00. The van der Waals surface area contributed by atoms with Gasteiger partial charge in [-0.15, -0.1) is 16.9 Å². The number of carboxylic acids is 1. The fourth-order valence-corrected chi connectivity index (χ4v) is 5.91. The summed E-state index contributed by atoms with van der Waals surface area (Å²) in [7, 11) is 1.51. The molecule has 3 atom stereocenters. The van der Waals surface area contributed by atoms with Crippen molar-refractivity contribution in [2.24, 2.45) is 11.5 Å². The van der Waals surface area contributed by atoms with Crippen molar-refractivity contribution in [3.8, 4) is 0 Å². The molecule has 15 heteroatoms. The summed E-state index contributed by atoms with van der Waals surface area (Å²) < 4.78 is 0. The minimum Gasteiger partial charge on any atom is -0.477 e. The number of aromatic amines is 1. The molecule has 2 aromatic rings. The van der Waals surface area contributed by atoms with Crippen LogP contribution in [0.3, 0.4) is 0 Å². The number of carbonyl (C=O) groups excluding carboxylic acids is 3. The van der Waals surface area contributed by atoms with Gasteiger partial charge in [0.2, 0.25) is 5.91 Å². The summed E-state index contributed by atoms with van der Waals surface area (Å²) in [5.74, 6) is -1.58. The number of carboxylic acid groups (broad SMARTS) is 1. The average molecular weight is 519 g/mol. The molecule has 0 aliphatic carbocycles. The number of carbonyl (C=O) groups is 4. The quantitative estimate of drug-likeness (QED) is 0.231. The summed E-state index contributed by atoms with van der Waals surface area (Å²) in [4.78, 5) is 51.3. The number of primary amides is 1. The van der Waals surface area contributed by atoms with Crippen LogP contribution in [-0.4, -0.2) is 79.2 Å². The third kappa shape index (κ3) is 4.82. The third-order valence-electron chi connectivity index (χ3n) is 5.59. The van der Waals surface area contributed by atoms with Gasteiger partial charge in [-0.25, -0.2) is 9.59 Å². The van der Waals surface area contributed by atoms with E-state index in [0.717, 1.165) is 0 Å². The van der Waals surface area contributed by atoms with Crippen molar-refractivity contribution in [1.29, 1.82) is 0 Å². The predicted octanol–water partition coefficient (Wildman–Crippen LogP) is -0.150. The second-order valence-corrected chi connectivity index (χ2v) is 9.82. The number of amides is 4. The highest BCUT2D eigenvalue weighted by atomic mass is 32.2. The smallest absolute Gasteiger partial charge is 0.352 e. The number of anilines is 1. The van der Waals surface area contributed by atoms with Crippen LogP contribution in [0.5, 0.6) is 0 Å². The lowest BCUT2D eigenvalue weighted by atomic mass is 10.0. The Morgan fingerprint density at radius 2 is 2.09 bits per heavy atom. The van der Waals surface area contributed by atoms with Gasteiger partial charge in [-0.05, 0) is 23.3 Å². The van der Waals surface area contributed by atoms with E-state index >= 15 is 0 Å². The summed E-state index contributed by atoms with van der Waals surface area (Å²) in [5.41, 5.74) is 12.8. The van der Waals surface area contributed by atoms with Crippen molar-refractivity contribution in [2.75, 3.05) is 23.5 Å². The topological polar surface area (TPSA) is 201 Å². The molecule has 13 nitrogen and oxygen atoms in total. The molecule has 0 bridgehead atoms. The second kappa shape index (κ2) is 9.97. The number of β-lactam (4-membered cyclic amide) rings is 1. The first-order valence-electron chi connectivity index (χ1n) is 10.3. The number of hydrogen-bond donors (Lipinski definition) is 5. The summed E-state index contributed by atoms with van der Waals surface area (Å²) in [6, 6.07) is 3.79. The second-order valence-electron chi connectivity index (χ2n) is 7.72. The van der Waals surface area contributed by atoms with Crippen LogP contribution >= 0.6 is 23.5 Å². The van der Waals surface area contributed by atoms with E-state index < -0.39 is 41.3 Å². The zero-order valence-corrected chi connectivity index (χ0v) is 20.0. The van der Waals surface area contributed by atoms with E-state index in [-0.39, 0.29) is 5.70 Å². The van der Waals surface area contributed by atoms with Crippen molar-refractivity contribution >= 4 is 53.0 Å². The number of aliphatic carboxylic acids is 1. The molecule has 1 fully saturated rings. The zero-order valence-electron chi connectivity index (χ0n) is 18.4. The molecule has 2 unspecified atom stereocenters. The van der Waals surface area contributed by atoms with Gasteiger partial charge in [-0.3, -0.25) is 24.5 Å². The molecule has 35 heavy (non-hydrogen) atoms. The molecule has 2 aliphatic rings. The maximum atomic E-state index is 12.8. The Bertz CT molecular complexity index is 1190. The number of aromatic nitrogens is 3. The first-order chi connectivity index (χ1) is 16.7. The number of nitrogens with zero attached hydrogens (tertiary/aromatic N) is 4. The lowest BCUT2D eigenvalue weighted by Gasteiger charge is -2.49. The molecule has 7 N–H and O–H groups in total. The summed E-state index contributed by atoms with van der Waals surface area (Å²) >= 11 is 2.68. The molecule has 1 saturated heterocycles. The van der Waals surface area contributed by atoms with Gasteiger partial charge >= 0.3 is 12.0 Å². The highest BCUT2D eigenvalue weighted by Crippen LogP contribution is 2.41. The number of thioether (sulfide) groups is 2. The van der Waals surface area contributed by atoms with Gasteiger partial charge in [-0.2, -0.15) is 0 Å². The van der Waals surface area contributed by atoms with Crippen LogP contribution in [0, 0.1) is 0 Å². The molecule has 184 valence electrons. The van der Waals surface area contributed by atoms with Crippen molar-refractivity contribution in [3.63, 3.8) is 0 Å². The number of benzene rings is 1. The molecular formula is C20H22N8O5S2. The van der Waals surface area contributed by atoms with Crippen LogP contribution in [-0.2, 0) is 14.4 Å². The van der Waals surface area contributed by atoms with E-state index in [2.05, 4.69) is 20.7 Å². The largest absolute Gasteiger partial charge is 0.477 e. The number of nitrogens with one attached hydrogen (secondary N) is 2. The molecular weight excluding hydrogens is 496 g/mol. The minimum absolute atomic E-state index is 0.0706. The maximum absolute atomic E-state index is 12.8. The zero-order chi connectivity index (χ0) is 25.3. The van der Waals surface area contributed by atoms with Crippen molar-refractivity contribution in [3.05, 3.63) is 47.3 Å². The van der Waals surface area contributed by atoms with Crippen LogP contribution in [0.15, 0.2) is 46.8 Å². The van der Waals surface area contributed by atoms with Gasteiger partial charge in [0, 0.05) is 24.2 Å². The highest BCUT2D eigenvalue weighted by Gasteiger charge is 2.54. The third-order valence-corrected chi connectivity index (χ3v) is 7.92. The molecule has 0 saturated carbocycles. The first-order valence-corrected chi connectivity index (χ1v) is 12.3. The number of H-pyrrole nitrogens is 1. The molecule has 3 heterocycles.